The van der Waals surface area contributed by atoms with Crippen molar-refractivity contribution in [3.8, 4) is 0 Å². The van der Waals surface area contributed by atoms with Gasteiger partial charge in [-0.25, -0.2) is 4.39 Å². The van der Waals surface area contributed by atoms with Crippen LogP contribution in [0.15, 0.2) is 72.8 Å². The molecule has 0 aliphatic carbocycles. The molecule has 0 saturated heterocycles. The Labute approximate surface area is 205 Å². The Kier molecular flexibility index (Phi) is 10.3. The normalized spacial score (nSPS) is 12.8. The molecule has 7 heteroatoms. The number of halogens is 3. The zero-order valence-corrected chi connectivity index (χ0v) is 20.0. The number of carbonyl (C=O) groups excluding carboxylic acids is 1. The van der Waals surface area contributed by atoms with Gasteiger partial charge >= 0.3 is 0 Å². The third-order valence-electron chi connectivity index (χ3n) is 5.66. The Balaban J connectivity index is 0.00000385. The fourth-order valence-electron chi connectivity index (χ4n) is 3.69. The Hall–Kier alpha value is -2.44. The third-order valence-corrected chi connectivity index (χ3v) is 5.99. The zero-order chi connectivity index (χ0) is 23.1. The number of aliphatic hydroxyl groups excluding tert-OH is 1. The lowest BCUT2D eigenvalue weighted by atomic mass is 10.0. The molecule has 0 bridgehead atoms. The number of aryl methyl sites for hydroxylation is 1. The average Bonchev–Trinajstić information content (AvgIpc) is 2.78. The van der Waals surface area contributed by atoms with E-state index < -0.39 is 12.0 Å². The number of primary amides is 1. The maximum absolute atomic E-state index is 13.2. The Bertz CT molecular complexity index is 1030. The van der Waals surface area contributed by atoms with Gasteiger partial charge in [0.2, 0.25) is 5.91 Å². The SMILES string of the molecule is CC(CCc1ccc(F)cc1)N(Cc1ccccc1)CC(O)c1ccc(Cl)c(C(N)=O)c1.Cl. The van der Waals surface area contributed by atoms with E-state index in [4.69, 9.17) is 17.3 Å². The van der Waals surface area contributed by atoms with Gasteiger partial charge in [0.1, 0.15) is 5.82 Å². The van der Waals surface area contributed by atoms with Gasteiger partial charge in [-0.15, -0.1) is 12.4 Å². The topological polar surface area (TPSA) is 66.6 Å². The van der Waals surface area contributed by atoms with Crippen molar-refractivity contribution in [2.45, 2.75) is 38.5 Å². The van der Waals surface area contributed by atoms with E-state index in [9.17, 15) is 14.3 Å². The fourth-order valence-corrected chi connectivity index (χ4v) is 3.90. The number of aliphatic hydroxyl groups is 1. The summed E-state index contributed by atoms with van der Waals surface area (Å²) in [6.45, 7) is 3.16. The van der Waals surface area contributed by atoms with Crippen molar-refractivity contribution in [3.63, 3.8) is 0 Å². The number of benzene rings is 3. The molecule has 0 aliphatic rings. The molecule has 0 aromatic heterocycles. The molecule has 0 aliphatic heterocycles. The number of rotatable bonds is 10. The summed E-state index contributed by atoms with van der Waals surface area (Å²) in [6, 6.07) is 21.6. The summed E-state index contributed by atoms with van der Waals surface area (Å²) >= 11 is 6.05. The Morgan fingerprint density at radius 1 is 1.06 bits per heavy atom. The molecule has 0 fully saturated rings. The minimum absolute atomic E-state index is 0. The second kappa shape index (κ2) is 12.7. The van der Waals surface area contributed by atoms with Crippen LogP contribution in [0.1, 0.15) is 46.5 Å². The molecule has 0 saturated carbocycles. The van der Waals surface area contributed by atoms with Crippen molar-refractivity contribution in [2.24, 2.45) is 5.73 Å². The van der Waals surface area contributed by atoms with Crippen LogP contribution in [-0.2, 0) is 13.0 Å². The molecule has 176 valence electrons. The van der Waals surface area contributed by atoms with E-state index in [1.807, 2.05) is 18.2 Å². The number of nitrogens with zero attached hydrogens (tertiary/aromatic N) is 1. The summed E-state index contributed by atoms with van der Waals surface area (Å²) in [6.07, 6.45) is 0.829. The largest absolute Gasteiger partial charge is 0.387 e. The molecular formula is C26H29Cl2FN2O2. The van der Waals surface area contributed by atoms with Crippen LogP contribution in [0.5, 0.6) is 0 Å². The Morgan fingerprint density at radius 3 is 2.36 bits per heavy atom. The maximum Gasteiger partial charge on any atom is 0.250 e. The van der Waals surface area contributed by atoms with Crippen molar-refractivity contribution >= 4 is 29.9 Å². The van der Waals surface area contributed by atoms with E-state index in [0.717, 1.165) is 24.0 Å². The lowest BCUT2D eigenvalue weighted by Crippen LogP contribution is -2.36. The summed E-state index contributed by atoms with van der Waals surface area (Å²) in [5.74, 6) is -0.869. The van der Waals surface area contributed by atoms with E-state index in [1.54, 1.807) is 30.3 Å². The molecule has 3 aromatic carbocycles. The minimum Gasteiger partial charge on any atom is -0.387 e. The number of carbonyl (C=O) groups is 1. The molecular weight excluding hydrogens is 462 g/mol. The zero-order valence-electron chi connectivity index (χ0n) is 18.5. The lowest BCUT2D eigenvalue weighted by Gasteiger charge is -2.31. The van der Waals surface area contributed by atoms with Crippen molar-refractivity contribution < 1.29 is 14.3 Å². The van der Waals surface area contributed by atoms with Crippen molar-refractivity contribution in [2.75, 3.05) is 6.54 Å². The summed E-state index contributed by atoms with van der Waals surface area (Å²) < 4.78 is 13.2. The summed E-state index contributed by atoms with van der Waals surface area (Å²) in [5, 5.41) is 11.2. The summed E-state index contributed by atoms with van der Waals surface area (Å²) in [7, 11) is 0. The maximum atomic E-state index is 13.2. The number of hydrogen-bond acceptors (Lipinski definition) is 3. The minimum atomic E-state index is -0.817. The predicted octanol–water partition coefficient (Wildman–Crippen LogP) is 5.56. The first-order valence-corrected chi connectivity index (χ1v) is 11.0. The highest BCUT2D eigenvalue weighted by Gasteiger charge is 2.21. The van der Waals surface area contributed by atoms with E-state index in [1.165, 1.54) is 12.1 Å². The van der Waals surface area contributed by atoms with Crippen molar-refractivity contribution in [1.82, 2.24) is 4.90 Å². The lowest BCUT2D eigenvalue weighted by molar-refractivity contribution is 0.0833. The Morgan fingerprint density at radius 2 is 1.73 bits per heavy atom. The van der Waals surface area contributed by atoms with E-state index in [0.29, 0.717) is 18.7 Å². The van der Waals surface area contributed by atoms with Crippen LogP contribution in [0.4, 0.5) is 4.39 Å². The van der Waals surface area contributed by atoms with Crippen LogP contribution < -0.4 is 5.73 Å². The first-order chi connectivity index (χ1) is 15.3. The van der Waals surface area contributed by atoms with Crippen LogP contribution in [0.3, 0.4) is 0 Å². The molecule has 2 atom stereocenters. The molecule has 0 heterocycles. The van der Waals surface area contributed by atoms with Crippen LogP contribution in [0.2, 0.25) is 5.02 Å². The van der Waals surface area contributed by atoms with Gasteiger partial charge in [0.15, 0.2) is 0 Å². The second-order valence-corrected chi connectivity index (χ2v) is 8.46. The third kappa shape index (κ3) is 7.83. The highest BCUT2D eigenvalue weighted by atomic mass is 35.5. The van der Waals surface area contributed by atoms with Gasteiger partial charge < -0.3 is 10.8 Å². The van der Waals surface area contributed by atoms with Gasteiger partial charge in [0.25, 0.3) is 0 Å². The fraction of sp³-hybridized carbons (Fsp3) is 0.269. The van der Waals surface area contributed by atoms with Crippen LogP contribution >= 0.6 is 24.0 Å². The second-order valence-electron chi connectivity index (χ2n) is 8.05. The molecule has 0 spiro atoms. The van der Waals surface area contributed by atoms with Gasteiger partial charge in [-0.3, -0.25) is 9.69 Å². The van der Waals surface area contributed by atoms with Crippen LogP contribution in [0, 0.1) is 5.82 Å². The molecule has 3 aromatic rings. The number of hydrogen-bond donors (Lipinski definition) is 2. The number of amides is 1. The first kappa shape index (κ1) is 26.8. The average molecular weight is 491 g/mol. The smallest absolute Gasteiger partial charge is 0.250 e. The predicted molar refractivity (Wildman–Crippen MR) is 133 cm³/mol. The van der Waals surface area contributed by atoms with Gasteiger partial charge in [-0.2, -0.15) is 0 Å². The van der Waals surface area contributed by atoms with Gasteiger partial charge in [0, 0.05) is 19.1 Å². The molecule has 3 N–H and O–H groups in total. The molecule has 4 nitrogen and oxygen atoms in total. The molecule has 1 amide bonds. The standard InChI is InChI=1S/C26H28ClFN2O2.ClH/c1-18(7-8-19-9-12-22(28)13-10-19)30(16-20-5-3-2-4-6-20)17-25(31)21-11-14-24(27)23(15-21)26(29)32;/h2-6,9-15,18,25,31H,7-8,16-17H2,1H3,(H2,29,32);1H. The van der Waals surface area contributed by atoms with E-state index >= 15 is 0 Å². The molecule has 3 rings (SSSR count). The van der Waals surface area contributed by atoms with E-state index in [2.05, 4.69) is 24.0 Å². The highest BCUT2D eigenvalue weighted by Crippen LogP contribution is 2.24. The van der Waals surface area contributed by atoms with E-state index in [-0.39, 0.29) is 34.9 Å². The summed E-state index contributed by atoms with van der Waals surface area (Å²) in [5.41, 5.74) is 8.40. The van der Waals surface area contributed by atoms with Gasteiger partial charge in [0.05, 0.1) is 16.7 Å². The van der Waals surface area contributed by atoms with Crippen molar-refractivity contribution in [1.29, 1.82) is 0 Å². The number of nitrogens with two attached hydrogens (primary N) is 1. The molecule has 2 unspecified atom stereocenters. The monoisotopic (exact) mass is 490 g/mol. The highest BCUT2D eigenvalue weighted by molar-refractivity contribution is 6.33. The molecule has 0 radical (unpaired) electrons. The molecule has 33 heavy (non-hydrogen) atoms. The van der Waals surface area contributed by atoms with Crippen molar-refractivity contribution in [3.05, 3.63) is 106 Å². The van der Waals surface area contributed by atoms with Crippen LogP contribution in [-0.4, -0.2) is 28.5 Å². The van der Waals surface area contributed by atoms with Gasteiger partial charge in [-0.1, -0.05) is 60.1 Å². The van der Waals surface area contributed by atoms with Crippen LogP contribution in [0.25, 0.3) is 0 Å². The van der Waals surface area contributed by atoms with Gasteiger partial charge in [-0.05, 0) is 60.7 Å². The quantitative estimate of drug-likeness (QED) is 0.391. The summed E-state index contributed by atoms with van der Waals surface area (Å²) in [4.78, 5) is 13.8. The first-order valence-electron chi connectivity index (χ1n) is 10.6.